The van der Waals surface area contributed by atoms with E-state index >= 15 is 0 Å². The molecule has 1 fully saturated rings. The largest absolute Gasteiger partial charge is 0.346 e. The predicted octanol–water partition coefficient (Wildman–Crippen LogP) is 0.0492. The Morgan fingerprint density at radius 2 is 2.12 bits per heavy atom. The van der Waals surface area contributed by atoms with Crippen molar-refractivity contribution >= 4 is 5.78 Å². The zero-order chi connectivity index (χ0) is 12.6. The first-order valence-electron chi connectivity index (χ1n) is 5.55. The lowest BCUT2D eigenvalue weighted by Gasteiger charge is -2.12. The number of Topliss-reactive ketones (excluding diaryl/α,β-unsaturated/α-hetero) is 1. The van der Waals surface area contributed by atoms with Gasteiger partial charge in [0, 0.05) is 18.2 Å². The Balaban J connectivity index is 2.39. The molecule has 0 radical (unpaired) electrons. The Labute approximate surface area is 97.2 Å². The highest BCUT2D eigenvalue weighted by Crippen LogP contribution is 2.30. The van der Waals surface area contributed by atoms with E-state index in [1.807, 2.05) is 6.92 Å². The van der Waals surface area contributed by atoms with Crippen molar-refractivity contribution in [1.29, 1.82) is 0 Å². The molecule has 0 unspecified atom stereocenters. The lowest BCUT2D eigenvalue weighted by molar-refractivity contribution is -0.128. The first-order chi connectivity index (χ1) is 8.04. The number of carbonyl (C=O) groups is 1. The van der Waals surface area contributed by atoms with Crippen molar-refractivity contribution in [3.63, 3.8) is 0 Å². The minimum atomic E-state index is -0.917. The fourth-order valence-corrected chi connectivity index (χ4v) is 2.02. The summed E-state index contributed by atoms with van der Waals surface area (Å²) in [5.74, 6) is -0.366. The summed E-state index contributed by atoms with van der Waals surface area (Å²) in [6.45, 7) is 3.71. The second-order valence-corrected chi connectivity index (χ2v) is 4.14. The number of ether oxygens (including phenoxy) is 1. The second kappa shape index (κ2) is 4.29. The number of H-pyrrole nitrogens is 1. The predicted molar refractivity (Wildman–Crippen MR) is 59.7 cm³/mol. The summed E-state index contributed by atoms with van der Waals surface area (Å²) < 4.78 is 6.65. The first-order valence-corrected chi connectivity index (χ1v) is 5.55. The van der Waals surface area contributed by atoms with Gasteiger partial charge in [-0.25, -0.2) is 4.79 Å². The summed E-state index contributed by atoms with van der Waals surface area (Å²) in [6, 6.07) is 1.20. The summed E-state index contributed by atoms with van der Waals surface area (Å²) in [5.41, 5.74) is -1.11. The molecule has 1 saturated heterocycles. The van der Waals surface area contributed by atoms with Gasteiger partial charge in [-0.15, -0.1) is 0 Å². The minimum absolute atomic E-state index is 0.133. The maximum absolute atomic E-state index is 11.9. The molecule has 2 heterocycles. The zero-order valence-electron chi connectivity index (χ0n) is 9.67. The van der Waals surface area contributed by atoms with E-state index in [1.165, 1.54) is 12.3 Å². The van der Waals surface area contributed by atoms with Gasteiger partial charge in [-0.1, -0.05) is 13.8 Å². The van der Waals surface area contributed by atoms with Gasteiger partial charge >= 0.3 is 5.69 Å². The zero-order valence-corrected chi connectivity index (χ0v) is 9.67. The van der Waals surface area contributed by atoms with Crippen LogP contribution in [0.2, 0.25) is 0 Å². The van der Waals surface area contributed by atoms with Crippen molar-refractivity contribution in [1.82, 2.24) is 9.55 Å². The second-order valence-electron chi connectivity index (χ2n) is 4.14. The van der Waals surface area contributed by atoms with Crippen LogP contribution in [0.25, 0.3) is 0 Å². The van der Waals surface area contributed by atoms with E-state index < -0.39 is 17.5 Å². The molecular weight excluding hydrogens is 224 g/mol. The Hall–Kier alpha value is -1.69. The molecule has 17 heavy (non-hydrogen) atoms. The summed E-state index contributed by atoms with van der Waals surface area (Å²) in [6.07, 6.45) is 0.904. The maximum atomic E-state index is 11.9. The molecule has 6 heteroatoms. The van der Waals surface area contributed by atoms with E-state index in [9.17, 15) is 14.4 Å². The molecule has 0 aromatic carbocycles. The number of aromatic amines is 1. The van der Waals surface area contributed by atoms with Crippen LogP contribution in [0.3, 0.4) is 0 Å². The average Bonchev–Trinajstić information content (AvgIpc) is 2.57. The van der Waals surface area contributed by atoms with Gasteiger partial charge in [-0.3, -0.25) is 19.1 Å². The van der Waals surface area contributed by atoms with Crippen LogP contribution in [0.1, 0.15) is 26.5 Å². The van der Waals surface area contributed by atoms with Gasteiger partial charge < -0.3 is 4.74 Å². The third kappa shape index (κ3) is 1.95. The third-order valence-electron chi connectivity index (χ3n) is 3.06. The van der Waals surface area contributed by atoms with Gasteiger partial charge in [0.1, 0.15) is 0 Å². The topological polar surface area (TPSA) is 81.2 Å². The van der Waals surface area contributed by atoms with E-state index in [0.717, 1.165) is 4.57 Å². The van der Waals surface area contributed by atoms with Crippen molar-refractivity contribution in [2.75, 3.05) is 0 Å². The number of hydrogen-bond acceptors (Lipinski definition) is 4. The van der Waals surface area contributed by atoms with E-state index in [4.69, 9.17) is 4.74 Å². The van der Waals surface area contributed by atoms with Crippen LogP contribution < -0.4 is 11.2 Å². The molecule has 3 atom stereocenters. The van der Waals surface area contributed by atoms with Crippen LogP contribution in [-0.4, -0.2) is 21.4 Å². The van der Waals surface area contributed by atoms with Crippen LogP contribution in [0.15, 0.2) is 21.9 Å². The normalized spacial score (nSPS) is 28.6. The van der Waals surface area contributed by atoms with Crippen LogP contribution in [0.5, 0.6) is 0 Å². The number of nitrogens with one attached hydrogen (secondary N) is 1. The smallest absolute Gasteiger partial charge is 0.330 e. The van der Waals surface area contributed by atoms with E-state index in [0.29, 0.717) is 6.42 Å². The number of nitrogens with zero attached hydrogens (tertiary/aromatic N) is 1. The van der Waals surface area contributed by atoms with Gasteiger partial charge in [-0.05, 0) is 6.42 Å². The highest BCUT2D eigenvalue weighted by Gasteiger charge is 2.40. The molecule has 1 N–H and O–H groups in total. The molecule has 2 rings (SSSR count). The van der Waals surface area contributed by atoms with Gasteiger partial charge in [-0.2, -0.15) is 0 Å². The number of hydrogen-bond donors (Lipinski definition) is 1. The Bertz CT molecular complexity index is 545. The number of carbonyl (C=O) groups excluding carboxylic acids is 1. The number of aromatic nitrogens is 2. The quantitative estimate of drug-likeness (QED) is 0.789. The SMILES string of the molecule is CC[C@H]1O[C@@H](n2ccc(=O)[nH]c2=O)C(=O)[C@@H]1C. The van der Waals surface area contributed by atoms with Crippen molar-refractivity contribution in [3.8, 4) is 0 Å². The first kappa shape index (κ1) is 11.8. The molecule has 1 aliphatic heterocycles. The highest BCUT2D eigenvalue weighted by molar-refractivity contribution is 5.85. The van der Waals surface area contributed by atoms with Gasteiger partial charge in [0.15, 0.2) is 12.0 Å². The Morgan fingerprint density at radius 1 is 1.41 bits per heavy atom. The molecule has 0 spiro atoms. The standard InChI is InChI=1S/C11H14N2O4/c1-3-7-6(2)9(15)10(17-7)13-5-4-8(14)12-11(13)16/h4-7,10H,3H2,1-2H3,(H,12,14,16)/t6-,7-,10-/m1/s1. The lowest BCUT2D eigenvalue weighted by atomic mass is 10.0. The lowest BCUT2D eigenvalue weighted by Crippen LogP contribution is -2.34. The molecule has 1 aromatic heterocycles. The van der Waals surface area contributed by atoms with Gasteiger partial charge in [0.05, 0.1) is 6.10 Å². The fourth-order valence-electron chi connectivity index (χ4n) is 2.02. The molecule has 0 saturated carbocycles. The monoisotopic (exact) mass is 238 g/mol. The average molecular weight is 238 g/mol. The van der Waals surface area contributed by atoms with Crippen LogP contribution in [-0.2, 0) is 9.53 Å². The number of rotatable bonds is 2. The molecule has 0 amide bonds. The van der Waals surface area contributed by atoms with Gasteiger partial charge in [0.25, 0.3) is 5.56 Å². The molecule has 1 aromatic rings. The van der Waals surface area contributed by atoms with Crippen molar-refractivity contribution in [2.45, 2.75) is 32.6 Å². The Morgan fingerprint density at radius 3 is 2.65 bits per heavy atom. The molecule has 6 nitrogen and oxygen atoms in total. The van der Waals surface area contributed by atoms with Gasteiger partial charge in [0.2, 0.25) is 0 Å². The van der Waals surface area contributed by atoms with Crippen LogP contribution >= 0.6 is 0 Å². The molecule has 92 valence electrons. The molecule has 0 bridgehead atoms. The molecular formula is C11H14N2O4. The summed E-state index contributed by atoms with van der Waals surface area (Å²) >= 11 is 0. The van der Waals surface area contributed by atoms with E-state index in [2.05, 4.69) is 4.98 Å². The third-order valence-corrected chi connectivity index (χ3v) is 3.06. The van der Waals surface area contributed by atoms with E-state index in [1.54, 1.807) is 6.92 Å². The van der Waals surface area contributed by atoms with Crippen molar-refractivity contribution in [3.05, 3.63) is 33.1 Å². The molecule has 0 aliphatic carbocycles. The van der Waals surface area contributed by atoms with Crippen molar-refractivity contribution < 1.29 is 9.53 Å². The summed E-state index contributed by atoms with van der Waals surface area (Å²) in [7, 11) is 0. The summed E-state index contributed by atoms with van der Waals surface area (Å²) in [4.78, 5) is 36.5. The van der Waals surface area contributed by atoms with Crippen LogP contribution in [0.4, 0.5) is 0 Å². The minimum Gasteiger partial charge on any atom is -0.346 e. The maximum Gasteiger partial charge on any atom is 0.330 e. The highest BCUT2D eigenvalue weighted by atomic mass is 16.5. The van der Waals surface area contributed by atoms with Crippen LogP contribution in [0, 0.1) is 5.92 Å². The Kier molecular flexibility index (Phi) is 2.97. The van der Waals surface area contributed by atoms with Crippen molar-refractivity contribution in [2.24, 2.45) is 5.92 Å². The summed E-state index contributed by atoms with van der Waals surface area (Å²) in [5, 5.41) is 0. The number of ketones is 1. The molecule has 1 aliphatic rings. The fraction of sp³-hybridized carbons (Fsp3) is 0.545. The van der Waals surface area contributed by atoms with E-state index in [-0.39, 0.29) is 17.8 Å².